The zero-order chi connectivity index (χ0) is 19.4. The van der Waals surface area contributed by atoms with Crippen molar-refractivity contribution in [3.05, 3.63) is 54.1 Å². The number of carbonyl (C=O) groups excluding carboxylic acids is 1. The standard InChI is InChI=1S/C20H24N2O4S/c1-3-26-18-10-12-19(13-11-18)27(24,25)22-17-8-6-16(7-9-17)20(23)21-14(2)15-4-5-15/h6-15,22H,3-5H2,1-2H3,(H,21,23)/t14-/m0/s1. The summed E-state index contributed by atoms with van der Waals surface area (Å²) >= 11 is 0. The Morgan fingerprint density at radius 2 is 1.74 bits per heavy atom. The zero-order valence-electron chi connectivity index (χ0n) is 15.4. The zero-order valence-corrected chi connectivity index (χ0v) is 16.3. The third-order valence-electron chi connectivity index (χ3n) is 4.53. The Hall–Kier alpha value is -2.54. The van der Waals surface area contributed by atoms with E-state index in [1.165, 1.54) is 12.1 Å². The van der Waals surface area contributed by atoms with Gasteiger partial charge < -0.3 is 10.1 Å². The van der Waals surface area contributed by atoms with Gasteiger partial charge in [-0.2, -0.15) is 0 Å². The largest absolute Gasteiger partial charge is 0.494 e. The van der Waals surface area contributed by atoms with Gasteiger partial charge in [-0.05, 0) is 81.1 Å². The normalized spacial score (nSPS) is 15.0. The lowest BCUT2D eigenvalue weighted by Crippen LogP contribution is -2.33. The summed E-state index contributed by atoms with van der Waals surface area (Å²) in [6, 6.07) is 12.8. The van der Waals surface area contributed by atoms with Crippen LogP contribution in [0.25, 0.3) is 0 Å². The van der Waals surface area contributed by atoms with E-state index in [0.717, 1.165) is 12.8 Å². The molecule has 3 rings (SSSR count). The average molecular weight is 388 g/mol. The van der Waals surface area contributed by atoms with Gasteiger partial charge in [0.15, 0.2) is 0 Å². The second-order valence-corrected chi connectivity index (χ2v) is 8.37. The lowest BCUT2D eigenvalue weighted by Gasteiger charge is -2.13. The monoisotopic (exact) mass is 388 g/mol. The van der Waals surface area contributed by atoms with E-state index in [9.17, 15) is 13.2 Å². The van der Waals surface area contributed by atoms with Crippen LogP contribution in [0.1, 0.15) is 37.0 Å². The van der Waals surface area contributed by atoms with E-state index in [4.69, 9.17) is 4.74 Å². The number of sulfonamides is 1. The number of amides is 1. The summed E-state index contributed by atoms with van der Waals surface area (Å²) in [5, 5.41) is 2.98. The van der Waals surface area contributed by atoms with Crippen LogP contribution in [-0.4, -0.2) is 27.0 Å². The molecule has 7 heteroatoms. The van der Waals surface area contributed by atoms with Crippen molar-refractivity contribution < 1.29 is 17.9 Å². The van der Waals surface area contributed by atoms with Crippen molar-refractivity contribution >= 4 is 21.6 Å². The van der Waals surface area contributed by atoms with Crippen LogP contribution in [0.3, 0.4) is 0 Å². The smallest absolute Gasteiger partial charge is 0.261 e. The molecular weight excluding hydrogens is 364 g/mol. The molecule has 27 heavy (non-hydrogen) atoms. The third kappa shape index (κ3) is 5.01. The van der Waals surface area contributed by atoms with Crippen molar-refractivity contribution in [2.75, 3.05) is 11.3 Å². The first kappa shape index (κ1) is 19.2. The summed E-state index contributed by atoms with van der Waals surface area (Å²) in [6.45, 7) is 4.39. The van der Waals surface area contributed by atoms with Crippen molar-refractivity contribution in [1.82, 2.24) is 5.32 Å². The van der Waals surface area contributed by atoms with Crippen molar-refractivity contribution in [3.63, 3.8) is 0 Å². The maximum absolute atomic E-state index is 12.5. The van der Waals surface area contributed by atoms with Gasteiger partial charge in [-0.3, -0.25) is 9.52 Å². The number of anilines is 1. The molecule has 2 aromatic rings. The summed E-state index contributed by atoms with van der Waals surface area (Å²) in [6.07, 6.45) is 2.32. The Balaban J connectivity index is 1.65. The van der Waals surface area contributed by atoms with Gasteiger partial charge in [0.1, 0.15) is 5.75 Å². The Bertz CT molecular complexity index is 889. The molecule has 1 saturated carbocycles. The maximum atomic E-state index is 12.5. The van der Waals surface area contributed by atoms with E-state index >= 15 is 0 Å². The van der Waals surface area contributed by atoms with Crippen LogP contribution in [0.2, 0.25) is 0 Å². The molecule has 0 spiro atoms. The van der Waals surface area contributed by atoms with Gasteiger partial charge in [-0.1, -0.05) is 0 Å². The molecule has 0 bridgehead atoms. The van der Waals surface area contributed by atoms with Crippen molar-refractivity contribution in [3.8, 4) is 5.75 Å². The summed E-state index contributed by atoms with van der Waals surface area (Å²) in [4.78, 5) is 12.4. The molecule has 0 radical (unpaired) electrons. The first-order valence-corrected chi connectivity index (χ1v) is 10.5. The summed E-state index contributed by atoms with van der Waals surface area (Å²) < 4.78 is 32.8. The van der Waals surface area contributed by atoms with E-state index < -0.39 is 10.0 Å². The van der Waals surface area contributed by atoms with E-state index in [0.29, 0.717) is 29.5 Å². The van der Waals surface area contributed by atoms with E-state index in [2.05, 4.69) is 10.0 Å². The molecule has 144 valence electrons. The first-order chi connectivity index (χ1) is 12.9. The quantitative estimate of drug-likeness (QED) is 0.726. The molecule has 6 nitrogen and oxygen atoms in total. The number of rotatable bonds is 8. The molecular formula is C20H24N2O4S. The molecule has 0 heterocycles. The molecule has 0 aromatic heterocycles. The van der Waals surface area contributed by atoms with Crippen molar-refractivity contribution in [1.29, 1.82) is 0 Å². The minimum atomic E-state index is -3.71. The van der Waals surface area contributed by atoms with Gasteiger partial charge in [-0.15, -0.1) is 0 Å². The predicted octanol–water partition coefficient (Wildman–Crippen LogP) is 3.41. The van der Waals surface area contributed by atoms with Crippen LogP contribution in [0.5, 0.6) is 5.75 Å². The Kier molecular flexibility index (Phi) is 5.70. The Morgan fingerprint density at radius 3 is 2.30 bits per heavy atom. The molecule has 1 aliphatic carbocycles. The molecule has 1 atom stereocenters. The first-order valence-electron chi connectivity index (χ1n) is 9.05. The third-order valence-corrected chi connectivity index (χ3v) is 5.93. The van der Waals surface area contributed by atoms with E-state index in [1.807, 2.05) is 13.8 Å². The average Bonchev–Trinajstić information content (AvgIpc) is 3.48. The van der Waals surface area contributed by atoms with Gasteiger partial charge in [0.05, 0.1) is 11.5 Å². The van der Waals surface area contributed by atoms with Gasteiger partial charge in [0, 0.05) is 17.3 Å². The highest BCUT2D eigenvalue weighted by Gasteiger charge is 2.29. The van der Waals surface area contributed by atoms with Gasteiger partial charge in [0.25, 0.3) is 15.9 Å². The minimum absolute atomic E-state index is 0.143. The number of hydrogen-bond donors (Lipinski definition) is 2. The second kappa shape index (κ2) is 8.00. The molecule has 1 aliphatic rings. The van der Waals surface area contributed by atoms with Crippen LogP contribution in [0.4, 0.5) is 5.69 Å². The summed E-state index contributed by atoms with van der Waals surface area (Å²) in [5.74, 6) is 1.05. The maximum Gasteiger partial charge on any atom is 0.261 e. The number of carbonyl (C=O) groups is 1. The van der Waals surface area contributed by atoms with Crippen LogP contribution in [0.15, 0.2) is 53.4 Å². The number of hydrogen-bond acceptors (Lipinski definition) is 4. The van der Waals surface area contributed by atoms with E-state index in [1.54, 1.807) is 36.4 Å². The number of benzene rings is 2. The molecule has 2 N–H and O–H groups in total. The van der Waals surface area contributed by atoms with Gasteiger partial charge in [0.2, 0.25) is 0 Å². The minimum Gasteiger partial charge on any atom is -0.494 e. The lowest BCUT2D eigenvalue weighted by molar-refractivity contribution is 0.0936. The highest BCUT2D eigenvalue weighted by atomic mass is 32.2. The topological polar surface area (TPSA) is 84.5 Å². The molecule has 0 unspecified atom stereocenters. The molecule has 0 saturated heterocycles. The molecule has 1 fully saturated rings. The van der Waals surface area contributed by atoms with Crippen LogP contribution >= 0.6 is 0 Å². The fraction of sp³-hybridized carbons (Fsp3) is 0.350. The number of ether oxygens (including phenoxy) is 1. The fourth-order valence-corrected chi connectivity index (χ4v) is 3.85. The molecule has 1 amide bonds. The Morgan fingerprint density at radius 1 is 1.11 bits per heavy atom. The van der Waals surface area contributed by atoms with Gasteiger partial charge in [-0.25, -0.2) is 8.42 Å². The van der Waals surface area contributed by atoms with E-state index in [-0.39, 0.29) is 16.8 Å². The van der Waals surface area contributed by atoms with Crippen LogP contribution in [-0.2, 0) is 10.0 Å². The van der Waals surface area contributed by atoms with Crippen LogP contribution in [0, 0.1) is 5.92 Å². The fourth-order valence-electron chi connectivity index (χ4n) is 2.79. The molecule has 0 aliphatic heterocycles. The Labute approximate surface area is 160 Å². The van der Waals surface area contributed by atoms with Gasteiger partial charge >= 0.3 is 0 Å². The molecule has 2 aromatic carbocycles. The lowest BCUT2D eigenvalue weighted by atomic mass is 10.1. The highest BCUT2D eigenvalue weighted by molar-refractivity contribution is 7.92. The van der Waals surface area contributed by atoms with Crippen molar-refractivity contribution in [2.45, 2.75) is 37.6 Å². The summed E-state index contributed by atoms with van der Waals surface area (Å²) in [5.41, 5.74) is 0.905. The SMILES string of the molecule is CCOc1ccc(S(=O)(=O)Nc2ccc(C(=O)N[C@@H](C)C3CC3)cc2)cc1. The van der Waals surface area contributed by atoms with Crippen molar-refractivity contribution in [2.24, 2.45) is 5.92 Å². The second-order valence-electron chi connectivity index (χ2n) is 6.69. The van der Waals surface area contributed by atoms with Crippen LogP contribution < -0.4 is 14.8 Å². The summed E-state index contributed by atoms with van der Waals surface area (Å²) in [7, 11) is -3.71. The highest BCUT2D eigenvalue weighted by Crippen LogP contribution is 2.32. The predicted molar refractivity (Wildman–Crippen MR) is 105 cm³/mol. The number of nitrogens with one attached hydrogen (secondary N) is 2.